The molecule has 1 amide bonds. The molecule has 0 aliphatic heterocycles. The number of benzene rings is 2. The van der Waals surface area contributed by atoms with Crippen LogP contribution in [0.25, 0.3) is 0 Å². The first kappa shape index (κ1) is 17.2. The summed E-state index contributed by atoms with van der Waals surface area (Å²) in [6, 6.07) is 12.8. The van der Waals surface area contributed by atoms with Crippen LogP contribution in [0.15, 0.2) is 66.3 Å². The number of carbonyl (C=O) groups is 1. The number of hydrogen-bond acceptors (Lipinski definition) is 4. The summed E-state index contributed by atoms with van der Waals surface area (Å²) in [5, 5.41) is 3.84. The van der Waals surface area contributed by atoms with Gasteiger partial charge in [-0.25, -0.2) is 9.82 Å². The minimum atomic E-state index is -0.449. The van der Waals surface area contributed by atoms with Crippen LogP contribution >= 0.6 is 0 Å². The second kappa shape index (κ2) is 9.09. The molecular weight excluding hydrogens is 311 g/mol. The molecule has 0 fully saturated rings. The Hall–Kier alpha value is -3.15. The van der Waals surface area contributed by atoms with Crippen LogP contribution in [0, 0.1) is 5.82 Å². The van der Waals surface area contributed by atoms with Crippen molar-refractivity contribution in [3.8, 4) is 11.5 Å². The third kappa shape index (κ3) is 5.92. The Labute approximate surface area is 139 Å². The molecule has 2 aromatic carbocycles. The summed E-state index contributed by atoms with van der Waals surface area (Å²) in [6.45, 7) is 3.73. The summed E-state index contributed by atoms with van der Waals surface area (Å²) < 4.78 is 23.5. The molecule has 0 aliphatic rings. The molecule has 0 radical (unpaired) electrons. The molecule has 5 nitrogen and oxygen atoms in total. The largest absolute Gasteiger partial charge is 0.490 e. The monoisotopic (exact) mass is 328 g/mol. The number of nitrogens with one attached hydrogen (secondary N) is 1. The highest BCUT2D eigenvalue weighted by atomic mass is 19.1. The topological polar surface area (TPSA) is 59.9 Å². The van der Waals surface area contributed by atoms with Gasteiger partial charge in [-0.1, -0.05) is 30.9 Å². The van der Waals surface area contributed by atoms with Gasteiger partial charge in [0.15, 0.2) is 6.61 Å². The average molecular weight is 328 g/mol. The first-order valence-electron chi connectivity index (χ1n) is 7.21. The highest BCUT2D eigenvalue weighted by molar-refractivity contribution is 5.83. The van der Waals surface area contributed by atoms with Crippen molar-refractivity contribution in [2.75, 3.05) is 13.2 Å². The van der Waals surface area contributed by atoms with Gasteiger partial charge in [0, 0.05) is 6.07 Å². The van der Waals surface area contributed by atoms with E-state index < -0.39 is 11.7 Å². The Balaban J connectivity index is 1.80. The fourth-order valence-electron chi connectivity index (χ4n) is 1.76. The molecular formula is C18H17FN2O3. The van der Waals surface area contributed by atoms with E-state index in [1.54, 1.807) is 18.2 Å². The Morgan fingerprint density at radius 1 is 1.17 bits per heavy atom. The third-order valence-corrected chi connectivity index (χ3v) is 2.79. The molecule has 6 heteroatoms. The normalized spacial score (nSPS) is 10.4. The predicted octanol–water partition coefficient (Wildman–Crippen LogP) is 2.92. The van der Waals surface area contributed by atoms with E-state index in [1.807, 2.05) is 18.2 Å². The van der Waals surface area contributed by atoms with Crippen molar-refractivity contribution in [3.05, 3.63) is 72.6 Å². The molecule has 24 heavy (non-hydrogen) atoms. The molecule has 0 saturated carbocycles. The SMILES string of the molecule is C=CCOc1cccc(/C=N\NC(=O)COc2cccc(F)c2)c1. The minimum Gasteiger partial charge on any atom is -0.490 e. The van der Waals surface area contributed by atoms with E-state index in [1.165, 1.54) is 24.4 Å². The number of rotatable bonds is 8. The second-order valence-corrected chi connectivity index (χ2v) is 4.71. The molecule has 0 aliphatic carbocycles. The molecule has 2 aromatic rings. The van der Waals surface area contributed by atoms with Gasteiger partial charge in [-0.15, -0.1) is 0 Å². The van der Waals surface area contributed by atoms with Gasteiger partial charge in [0.2, 0.25) is 0 Å². The smallest absolute Gasteiger partial charge is 0.277 e. The molecule has 124 valence electrons. The van der Waals surface area contributed by atoms with Gasteiger partial charge < -0.3 is 9.47 Å². The van der Waals surface area contributed by atoms with Crippen molar-refractivity contribution in [1.29, 1.82) is 0 Å². The highest BCUT2D eigenvalue weighted by Gasteiger charge is 2.02. The molecule has 0 heterocycles. The third-order valence-electron chi connectivity index (χ3n) is 2.79. The van der Waals surface area contributed by atoms with Crippen LogP contribution in [0.2, 0.25) is 0 Å². The summed E-state index contributed by atoms with van der Waals surface area (Å²) in [6.07, 6.45) is 3.14. The Morgan fingerprint density at radius 3 is 2.67 bits per heavy atom. The van der Waals surface area contributed by atoms with Crippen LogP contribution in [0.3, 0.4) is 0 Å². The maximum Gasteiger partial charge on any atom is 0.277 e. The van der Waals surface area contributed by atoms with Gasteiger partial charge in [0.1, 0.15) is 23.9 Å². The van der Waals surface area contributed by atoms with Gasteiger partial charge in [0.25, 0.3) is 5.91 Å². The number of hydrogen-bond donors (Lipinski definition) is 1. The summed E-state index contributed by atoms with van der Waals surface area (Å²) >= 11 is 0. The quantitative estimate of drug-likeness (QED) is 0.460. The number of amides is 1. The fourth-order valence-corrected chi connectivity index (χ4v) is 1.76. The summed E-state index contributed by atoms with van der Waals surface area (Å²) in [4.78, 5) is 11.6. The number of hydrazone groups is 1. The summed E-state index contributed by atoms with van der Waals surface area (Å²) in [5.41, 5.74) is 3.10. The first-order valence-corrected chi connectivity index (χ1v) is 7.21. The number of ether oxygens (including phenoxy) is 2. The average Bonchev–Trinajstić information content (AvgIpc) is 2.59. The number of nitrogens with zero attached hydrogens (tertiary/aromatic N) is 1. The molecule has 0 atom stereocenters. The lowest BCUT2D eigenvalue weighted by Crippen LogP contribution is -2.24. The minimum absolute atomic E-state index is 0.261. The van der Waals surface area contributed by atoms with E-state index in [2.05, 4.69) is 17.1 Å². The van der Waals surface area contributed by atoms with E-state index in [9.17, 15) is 9.18 Å². The van der Waals surface area contributed by atoms with Crippen LogP contribution in [-0.4, -0.2) is 25.3 Å². The van der Waals surface area contributed by atoms with E-state index in [-0.39, 0.29) is 12.4 Å². The van der Waals surface area contributed by atoms with Crippen LogP contribution in [-0.2, 0) is 4.79 Å². The van der Waals surface area contributed by atoms with Crippen molar-refractivity contribution in [3.63, 3.8) is 0 Å². The van der Waals surface area contributed by atoms with E-state index in [0.29, 0.717) is 12.4 Å². The van der Waals surface area contributed by atoms with Crippen molar-refractivity contribution >= 4 is 12.1 Å². The zero-order chi connectivity index (χ0) is 17.2. The van der Waals surface area contributed by atoms with Gasteiger partial charge >= 0.3 is 0 Å². The summed E-state index contributed by atoms with van der Waals surface area (Å²) in [7, 11) is 0. The van der Waals surface area contributed by atoms with Crippen molar-refractivity contribution in [2.45, 2.75) is 0 Å². The van der Waals surface area contributed by atoms with Crippen LogP contribution in [0.4, 0.5) is 4.39 Å². The lowest BCUT2D eigenvalue weighted by atomic mass is 10.2. The van der Waals surface area contributed by atoms with Crippen molar-refractivity contribution in [1.82, 2.24) is 5.43 Å². The maximum absolute atomic E-state index is 13.0. The van der Waals surface area contributed by atoms with Crippen molar-refractivity contribution in [2.24, 2.45) is 5.10 Å². The molecule has 2 rings (SSSR count). The van der Waals surface area contributed by atoms with Crippen LogP contribution in [0.5, 0.6) is 11.5 Å². The predicted molar refractivity (Wildman–Crippen MR) is 89.8 cm³/mol. The van der Waals surface area contributed by atoms with Gasteiger partial charge in [0.05, 0.1) is 6.21 Å². The number of halogens is 1. The van der Waals surface area contributed by atoms with Crippen LogP contribution in [0.1, 0.15) is 5.56 Å². The molecule has 0 saturated heterocycles. The van der Waals surface area contributed by atoms with Crippen molar-refractivity contribution < 1.29 is 18.7 Å². The lowest BCUT2D eigenvalue weighted by Gasteiger charge is -2.05. The zero-order valence-electron chi connectivity index (χ0n) is 12.9. The summed E-state index contributed by atoms with van der Waals surface area (Å²) in [5.74, 6) is 0.0832. The molecule has 0 aromatic heterocycles. The second-order valence-electron chi connectivity index (χ2n) is 4.71. The highest BCUT2D eigenvalue weighted by Crippen LogP contribution is 2.12. The Morgan fingerprint density at radius 2 is 1.92 bits per heavy atom. The molecule has 0 spiro atoms. The van der Waals surface area contributed by atoms with Gasteiger partial charge in [-0.05, 0) is 29.8 Å². The van der Waals surface area contributed by atoms with Crippen LogP contribution < -0.4 is 14.9 Å². The van der Waals surface area contributed by atoms with E-state index >= 15 is 0 Å². The van der Waals surface area contributed by atoms with Gasteiger partial charge in [-0.3, -0.25) is 4.79 Å². The van der Waals surface area contributed by atoms with E-state index in [4.69, 9.17) is 9.47 Å². The molecule has 1 N–H and O–H groups in total. The molecule has 0 unspecified atom stereocenters. The standard InChI is InChI=1S/C18H17FN2O3/c1-2-9-23-16-7-3-5-14(10-16)12-20-21-18(22)13-24-17-8-4-6-15(19)11-17/h2-8,10-12H,1,9,13H2,(H,21,22)/b20-12-. The number of carbonyl (C=O) groups excluding carboxylic acids is 1. The lowest BCUT2D eigenvalue weighted by molar-refractivity contribution is -0.123. The molecule has 0 bridgehead atoms. The Bertz CT molecular complexity index is 732. The van der Waals surface area contributed by atoms with E-state index in [0.717, 1.165) is 5.56 Å². The first-order chi connectivity index (χ1) is 11.7. The zero-order valence-corrected chi connectivity index (χ0v) is 12.9. The van der Waals surface area contributed by atoms with Gasteiger partial charge in [-0.2, -0.15) is 5.10 Å². The Kier molecular flexibility index (Phi) is 6.52. The maximum atomic E-state index is 13.0. The fraction of sp³-hybridized carbons (Fsp3) is 0.111.